The number of benzene rings is 1. The highest BCUT2D eigenvalue weighted by molar-refractivity contribution is 6.02. The maximum Gasteiger partial charge on any atom is 0.317 e. The van der Waals surface area contributed by atoms with Crippen LogP contribution >= 0.6 is 0 Å². The van der Waals surface area contributed by atoms with Crippen LogP contribution in [-0.2, 0) is 11.2 Å². The summed E-state index contributed by atoms with van der Waals surface area (Å²) in [6, 6.07) is 4.68. The highest BCUT2D eigenvalue weighted by Crippen LogP contribution is 2.32. The summed E-state index contributed by atoms with van der Waals surface area (Å²) in [5.74, 6) is -1.04. The summed E-state index contributed by atoms with van der Waals surface area (Å²) in [5, 5.41) is 12.2. The van der Waals surface area contributed by atoms with Crippen LogP contribution in [0.2, 0.25) is 0 Å². The van der Waals surface area contributed by atoms with Crippen molar-refractivity contribution >= 4 is 17.7 Å². The van der Waals surface area contributed by atoms with E-state index in [1.807, 2.05) is 6.92 Å². The van der Waals surface area contributed by atoms with E-state index in [0.717, 1.165) is 23.3 Å². The molecule has 152 valence electrons. The topological polar surface area (TPSA) is 82.0 Å². The number of nitrogens with zero attached hydrogens (tertiary/aromatic N) is 2. The number of rotatable bonds is 6. The van der Waals surface area contributed by atoms with Crippen molar-refractivity contribution in [3.8, 4) is 0 Å². The third kappa shape index (κ3) is 4.88. The Hall–Kier alpha value is -2.44. The van der Waals surface area contributed by atoms with Crippen molar-refractivity contribution in [1.29, 1.82) is 0 Å². The van der Waals surface area contributed by atoms with E-state index < -0.39 is 5.97 Å². The van der Waals surface area contributed by atoms with Crippen molar-refractivity contribution in [3.63, 3.8) is 0 Å². The number of halogens is 1. The molecule has 28 heavy (non-hydrogen) atoms. The zero-order valence-electron chi connectivity index (χ0n) is 16.3. The molecule has 3 rings (SSSR count). The molecule has 1 saturated heterocycles. The molecule has 2 N–H and O–H groups in total. The number of likely N-dealkylation sites (tertiary alicyclic amines) is 1. The van der Waals surface area contributed by atoms with Crippen molar-refractivity contribution in [1.82, 2.24) is 10.2 Å². The predicted molar refractivity (Wildman–Crippen MR) is 105 cm³/mol. The number of aliphatic imine (C=N–C) groups is 1. The maximum atomic E-state index is 13.6. The first-order valence-electron chi connectivity index (χ1n) is 10.0. The highest BCUT2D eigenvalue weighted by atomic mass is 19.1. The minimum atomic E-state index is -0.813. The van der Waals surface area contributed by atoms with E-state index in [1.54, 1.807) is 17.0 Å². The Bertz CT molecular complexity index is 765. The van der Waals surface area contributed by atoms with E-state index in [9.17, 15) is 19.1 Å². The van der Waals surface area contributed by atoms with Crippen molar-refractivity contribution in [2.45, 2.75) is 39.0 Å². The van der Waals surface area contributed by atoms with Crippen molar-refractivity contribution in [2.24, 2.45) is 16.8 Å². The van der Waals surface area contributed by atoms with Crippen LogP contribution < -0.4 is 5.32 Å². The van der Waals surface area contributed by atoms with Crippen LogP contribution in [0.5, 0.6) is 0 Å². The Morgan fingerprint density at radius 2 is 2.18 bits per heavy atom. The molecule has 7 heteroatoms. The molecule has 0 unspecified atom stereocenters. The van der Waals surface area contributed by atoms with Gasteiger partial charge >= 0.3 is 12.0 Å². The number of hydrogen-bond acceptors (Lipinski definition) is 3. The molecule has 0 bridgehead atoms. The number of urea groups is 1. The van der Waals surface area contributed by atoms with Crippen LogP contribution in [0.1, 0.15) is 43.7 Å². The monoisotopic (exact) mass is 389 g/mol. The fourth-order valence-electron chi connectivity index (χ4n) is 4.20. The molecule has 0 spiro atoms. The van der Waals surface area contributed by atoms with Gasteiger partial charge in [-0.05, 0) is 66.8 Å². The zero-order valence-corrected chi connectivity index (χ0v) is 16.3. The van der Waals surface area contributed by atoms with Gasteiger partial charge in [0.15, 0.2) is 0 Å². The van der Waals surface area contributed by atoms with Gasteiger partial charge in [0, 0.05) is 38.3 Å². The molecule has 0 aromatic heterocycles. The smallest absolute Gasteiger partial charge is 0.317 e. The summed E-state index contributed by atoms with van der Waals surface area (Å²) in [6.07, 6.45) is 2.95. The number of carboxylic acid groups (broad SMARTS) is 1. The number of hydrogen-bond donors (Lipinski definition) is 2. The number of piperidine rings is 1. The molecular formula is C21H28FN3O3. The van der Waals surface area contributed by atoms with Gasteiger partial charge < -0.3 is 15.3 Å². The number of carbonyl (C=O) groups excluding carboxylic acids is 1. The average Bonchev–Trinajstić information content (AvgIpc) is 2.67. The van der Waals surface area contributed by atoms with Gasteiger partial charge in [0.25, 0.3) is 0 Å². The van der Waals surface area contributed by atoms with E-state index in [0.29, 0.717) is 45.4 Å². The molecular weight excluding hydrogens is 361 g/mol. The van der Waals surface area contributed by atoms with E-state index in [4.69, 9.17) is 0 Å². The van der Waals surface area contributed by atoms with Crippen LogP contribution in [0.4, 0.5) is 9.18 Å². The van der Waals surface area contributed by atoms with Gasteiger partial charge in [-0.15, -0.1) is 0 Å². The number of carbonyl (C=O) groups is 2. The van der Waals surface area contributed by atoms with E-state index in [2.05, 4.69) is 10.3 Å². The van der Waals surface area contributed by atoms with Gasteiger partial charge in [0.1, 0.15) is 5.82 Å². The minimum absolute atomic E-state index is 0.00116. The molecule has 6 nitrogen and oxygen atoms in total. The van der Waals surface area contributed by atoms with E-state index >= 15 is 0 Å². The fourth-order valence-corrected chi connectivity index (χ4v) is 4.20. The van der Waals surface area contributed by atoms with Crippen molar-refractivity contribution < 1.29 is 19.1 Å². The summed E-state index contributed by atoms with van der Waals surface area (Å²) < 4.78 is 13.6. The largest absolute Gasteiger partial charge is 0.481 e. The molecule has 1 aromatic carbocycles. The lowest BCUT2D eigenvalue weighted by atomic mass is 9.78. The van der Waals surface area contributed by atoms with Gasteiger partial charge in [-0.25, -0.2) is 9.18 Å². The lowest BCUT2D eigenvalue weighted by molar-refractivity contribution is -0.138. The molecule has 0 saturated carbocycles. The molecule has 2 aliphatic heterocycles. The number of carboxylic acids is 1. The molecule has 2 amide bonds. The summed E-state index contributed by atoms with van der Waals surface area (Å²) >= 11 is 0. The van der Waals surface area contributed by atoms with E-state index in [-0.39, 0.29) is 30.1 Å². The second-order valence-corrected chi connectivity index (χ2v) is 7.67. The number of nitrogens with one attached hydrogen (secondary N) is 1. The molecule has 2 heterocycles. The van der Waals surface area contributed by atoms with Gasteiger partial charge in [-0.2, -0.15) is 0 Å². The Morgan fingerprint density at radius 3 is 2.93 bits per heavy atom. The Morgan fingerprint density at radius 1 is 1.36 bits per heavy atom. The van der Waals surface area contributed by atoms with Gasteiger partial charge in [0.2, 0.25) is 0 Å². The van der Waals surface area contributed by atoms with Gasteiger partial charge in [0.05, 0.1) is 0 Å². The van der Waals surface area contributed by atoms with Gasteiger partial charge in [-0.1, -0.05) is 6.92 Å². The first-order valence-corrected chi connectivity index (χ1v) is 10.0. The van der Waals surface area contributed by atoms with Gasteiger partial charge in [-0.3, -0.25) is 9.79 Å². The second kappa shape index (κ2) is 9.17. The summed E-state index contributed by atoms with van der Waals surface area (Å²) in [7, 11) is 0. The minimum Gasteiger partial charge on any atom is -0.481 e. The fraction of sp³-hybridized carbons (Fsp3) is 0.571. The van der Waals surface area contributed by atoms with Crippen molar-refractivity contribution in [3.05, 3.63) is 35.1 Å². The highest BCUT2D eigenvalue weighted by Gasteiger charge is 2.34. The molecule has 0 radical (unpaired) electrons. The van der Waals surface area contributed by atoms with Crippen LogP contribution in [-0.4, -0.2) is 53.9 Å². The van der Waals surface area contributed by atoms with Crippen LogP contribution in [0, 0.1) is 17.7 Å². The molecule has 2 aliphatic rings. The predicted octanol–water partition coefficient (Wildman–Crippen LogP) is 3.09. The lowest BCUT2D eigenvalue weighted by Crippen LogP contribution is -2.49. The third-order valence-electron chi connectivity index (χ3n) is 5.66. The number of aliphatic carboxylic acids is 1. The molecule has 1 aromatic rings. The van der Waals surface area contributed by atoms with Crippen LogP contribution in [0.25, 0.3) is 0 Å². The lowest BCUT2D eigenvalue weighted by Gasteiger charge is -2.38. The third-order valence-corrected chi connectivity index (χ3v) is 5.66. The summed E-state index contributed by atoms with van der Waals surface area (Å²) in [6.45, 7) is 4.33. The first kappa shape index (κ1) is 20.3. The van der Waals surface area contributed by atoms with Crippen molar-refractivity contribution in [2.75, 3.05) is 26.2 Å². The summed E-state index contributed by atoms with van der Waals surface area (Å²) in [5.41, 5.74) is 2.81. The summed E-state index contributed by atoms with van der Waals surface area (Å²) in [4.78, 5) is 30.2. The van der Waals surface area contributed by atoms with Crippen LogP contribution in [0.15, 0.2) is 23.2 Å². The van der Waals surface area contributed by atoms with E-state index in [1.165, 1.54) is 6.07 Å². The first-order chi connectivity index (χ1) is 13.5. The quantitative estimate of drug-likeness (QED) is 0.784. The number of amides is 2. The SMILES string of the molecule is CCCNC(=O)N1CC[C@@H](CC(=O)O)[C@@H](CC2=NCCc3cc(F)ccc32)C1. The zero-order chi connectivity index (χ0) is 20.1. The normalized spacial score (nSPS) is 21.6. The Labute approximate surface area is 164 Å². The molecule has 0 aliphatic carbocycles. The number of fused-ring (bicyclic) bond motifs is 1. The van der Waals surface area contributed by atoms with Crippen LogP contribution in [0.3, 0.4) is 0 Å². The maximum absolute atomic E-state index is 13.6. The second-order valence-electron chi connectivity index (χ2n) is 7.67. The average molecular weight is 389 g/mol. The Balaban J connectivity index is 1.76. The molecule has 1 fully saturated rings. The molecule has 2 atom stereocenters. The Kier molecular flexibility index (Phi) is 6.65. The standard InChI is InChI=1S/C21H28FN3O3/c1-2-7-24-21(28)25-9-6-14(12-20(26)27)16(13-25)11-19-18-4-3-17(22)10-15(18)5-8-23-19/h3-4,10,14,16H,2,5-9,11-13H2,1H3,(H,24,28)(H,26,27)/t14-,16-/m0/s1.